The van der Waals surface area contributed by atoms with Crippen LogP contribution in [0.15, 0.2) is 23.2 Å². The highest BCUT2D eigenvalue weighted by Crippen LogP contribution is 2.19. The Labute approximate surface area is 179 Å². The van der Waals surface area contributed by atoms with Gasteiger partial charge in [-0.05, 0) is 30.5 Å². The number of rotatable bonds is 10. The minimum absolute atomic E-state index is 0.270. The number of ether oxygens (including phenoxy) is 2. The molecule has 1 heterocycles. The molecule has 1 aromatic rings. The van der Waals surface area contributed by atoms with E-state index in [1.54, 1.807) is 12.1 Å². The number of piperazine rings is 1. The number of methoxy groups -OCH3 is 1. The number of aliphatic imine (C=N–C) groups is 1. The molecule has 7 nitrogen and oxygen atoms in total. The summed E-state index contributed by atoms with van der Waals surface area (Å²) in [5.74, 6) is 1.21. The van der Waals surface area contributed by atoms with E-state index in [0.29, 0.717) is 32.2 Å². The van der Waals surface area contributed by atoms with Crippen molar-refractivity contribution in [1.82, 2.24) is 15.1 Å². The quantitative estimate of drug-likeness (QED) is 0.442. The van der Waals surface area contributed by atoms with Crippen LogP contribution in [0, 0.1) is 11.7 Å². The molecule has 1 aliphatic heterocycles. The van der Waals surface area contributed by atoms with E-state index < -0.39 is 6.10 Å². The van der Waals surface area contributed by atoms with Gasteiger partial charge in [0.1, 0.15) is 0 Å². The number of aliphatic hydroxyl groups is 1. The van der Waals surface area contributed by atoms with Crippen molar-refractivity contribution in [3.63, 3.8) is 0 Å². The van der Waals surface area contributed by atoms with E-state index in [1.165, 1.54) is 7.11 Å². The van der Waals surface area contributed by atoms with Crippen LogP contribution in [0.5, 0.6) is 5.75 Å². The van der Waals surface area contributed by atoms with Gasteiger partial charge in [0.05, 0.1) is 26.4 Å². The molecule has 0 aliphatic carbocycles. The normalized spacial score (nSPS) is 16.8. The predicted octanol–water partition coefficient (Wildman–Crippen LogP) is 1.95. The molecule has 2 N–H and O–H groups in total. The number of halogens is 1. The molecule has 0 aromatic heterocycles. The van der Waals surface area contributed by atoms with E-state index in [0.717, 1.165) is 44.2 Å². The molecule has 1 unspecified atom stereocenters. The summed E-state index contributed by atoms with van der Waals surface area (Å²) in [6, 6.07) is 5.12. The Morgan fingerprint density at radius 3 is 2.57 bits per heavy atom. The molecule has 2 rings (SSSR count). The van der Waals surface area contributed by atoms with Gasteiger partial charge in [0.2, 0.25) is 0 Å². The van der Waals surface area contributed by atoms with Crippen molar-refractivity contribution in [3.8, 4) is 5.75 Å². The lowest BCUT2D eigenvalue weighted by Gasteiger charge is -2.36. The SMILES string of the molecule is CCNC(=NCC(O)COCC(C)C)N1CCN(Cc2ccc(OC)c(F)c2)CC1. The van der Waals surface area contributed by atoms with E-state index in [1.807, 2.05) is 13.0 Å². The summed E-state index contributed by atoms with van der Waals surface area (Å²) < 4.78 is 24.4. The Morgan fingerprint density at radius 2 is 1.97 bits per heavy atom. The second-order valence-corrected chi connectivity index (χ2v) is 8.01. The molecule has 1 fully saturated rings. The molecular formula is C22H37FN4O3. The largest absolute Gasteiger partial charge is 0.494 e. The molecule has 8 heteroatoms. The summed E-state index contributed by atoms with van der Waals surface area (Å²) in [6.45, 7) is 12.3. The molecule has 0 spiro atoms. The van der Waals surface area contributed by atoms with Crippen LogP contribution in [0.2, 0.25) is 0 Å². The van der Waals surface area contributed by atoms with Gasteiger partial charge in [-0.15, -0.1) is 0 Å². The van der Waals surface area contributed by atoms with Crippen molar-refractivity contribution < 1.29 is 19.0 Å². The fourth-order valence-electron chi connectivity index (χ4n) is 3.29. The number of hydrogen-bond donors (Lipinski definition) is 2. The van der Waals surface area contributed by atoms with Gasteiger partial charge >= 0.3 is 0 Å². The number of hydrogen-bond acceptors (Lipinski definition) is 5. The molecule has 1 aliphatic rings. The predicted molar refractivity (Wildman–Crippen MR) is 117 cm³/mol. The number of nitrogens with zero attached hydrogens (tertiary/aromatic N) is 3. The number of benzene rings is 1. The summed E-state index contributed by atoms with van der Waals surface area (Å²) in [7, 11) is 1.47. The summed E-state index contributed by atoms with van der Waals surface area (Å²) in [5, 5.41) is 13.4. The average molecular weight is 425 g/mol. The van der Waals surface area contributed by atoms with Gasteiger partial charge in [-0.2, -0.15) is 0 Å². The van der Waals surface area contributed by atoms with Crippen LogP contribution >= 0.6 is 0 Å². The van der Waals surface area contributed by atoms with E-state index in [9.17, 15) is 9.50 Å². The van der Waals surface area contributed by atoms with E-state index >= 15 is 0 Å². The molecule has 0 amide bonds. The molecule has 0 bridgehead atoms. The van der Waals surface area contributed by atoms with Crippen molar-refractivity contribution in [2.45, 2.75) is 33.4 Å². The maximum absolute atomic E-state index is 13.9. The van der Waals surface area contributed by atoms with Crippen molar-refractivity contribution in [2.75, 3.05) is 59.6 Å². The molecule has 0 saturated carbocycles. The van der Waals surface area contributed by atoms with Gasteiger partial charge in [0.25, 0.3) is 0 Å². The second kappa shape index (κ2) is 12.7. The summed E-state index contributed by atoms with van der Waals surface area (Å²) in [4.78, 5) is 9.10. The highest BCUT2D eigenvalue weighted by atomic mass is 19.1. The first-order chi connectivity index (χ1) is 14.4. The minimum Gasteiger partial charge on any atom is -0.494 e. The number of nitrogens with one attached hydrogen (secondary N) is 1. The fourth-order valence-corrected chi connectivity index (χ4v) is 3.29. The van der Waals surface area contributed by atoms with Gasteiger partial charge in [-0.1, -0.05) is 19.9 Å². The van der Waals surface area contributed by atoms with Crippen LogP contribution in [0.25, 0.3) is 0 Å². The zero-order valence-corrected chi connectivity index (χ0v) is 18.7. The Balaban J connectivity index is 1.83. The van der Waals surface area contributed by atoms with Crippen LogP contribution < -0.4 is 10.1 Å². The Bertz CT molecular complexity index is 664. The van der Waals surface area contributed by atoms with Crippen molar-refractivity contribution >= 4 is 5.96 Å². The minimum atomic E-state index is -0.608. The topological polar surface area (TPSA) is 69.6 Å². The van der Waals surface area contributed by atoms with Crippen LogP contribution in [-0.2, 0) is 11.3 Å². The van der Waals surface area contributed by atoms with Gasteiger partial charge in [-0.3, -0.25) is 9.89 Å². The standard InChI is InChI=1S/C22H37FN4O3/c1-5-24-22(25-13-19(28)16-30-15-17(2)3)27-10-8-26(9-11-27)14-18-6-7-21(29-4)20(23)12-18/h6-7,12,17,19,28H,5,8-11,13-16H2,1-4H3,(H,24,25). The van der Waals surface area contributed by atoms with Crippen LogP contribution in [0.3, 0.4) is 0 Å². The third-order valence-electron chi connectivity index (χ3n) is 4.84. The lowest BCUT2D eigenvalue weighted by molar-refractivity contribution is 0.0300. The summed E-state index contributed by atoms with van der Waals surface area (Å²) >= 11 is 0. The first-order valence-corrected chi connectivity index (χ1v) is 10.8. The molecule has 1 saturated heterocycles. The first-order valence-electron chi connectivity index (χ1n) is 10.8. The lowest BCUT2D eigenvalue weighted by Crippen LogP contribution is -2.52. The molecule has 170 valence electrons. The summed E-state index contributed by atoms with van der Waals surface area (Å²) in [6.07, 6.45) is -0.608. The zero-order valence-electron chi connectivity index (χ0n) is 18.7. The van der Waals surface area contributed by atoms with Crippen LogP contribution in [-0.4, -0.2) is 86.6 Å². The smallest absolute Gasteiger partial charge is 0.194 e. The third kappa shape index (κ3) is 8.08. The van der Waals surface area contributed by atoms with E-state index in [-0.39, 0.29) is 11.6 Å². The first kappa shape index (κ1) is 24.4. The highest BCUT2D eigenvalue weighted by molar-refractivity contribution is 5.80. The lowest BCUT2D eigenvalue weighted by atomic mass is 10.2. The van der Waals surface area contributed by atoms with Gasteiger partial charge < -0.3 is 24.8 Å². The Kier molecular flexibility index (Phi) is 10.3. The van der Waals surface area contributed by atoms with E-state index in [4.69, 9.17) is 9.47 Å². The number of guanidine groups is 1. The Morgan fingerprint density at radius 1 is 1.23 bits per heavy atom. The molecule has 30 heavy (non-hydrogen) atoms. The maximum Gasteiger partial charge on any atom is 0.194 e. The number of aliphatic hydroxyl groups excluding tert-OH is 1. The van der Waals surface area contributed by atoms with Gasteiger partial charge in [0.15, 0.2) is 17.5 Å². The van der Waals surface area contributed by atoms with E-state index in [2.05, 4.69) is 34.0 Å². The van der Waals surface area contributed by atoms with Crippen molar-refractivity contribution in [3.05, 3.63) is 29.6 Å². The van der Waals surface area contributed by atoms with Crippen molar-refractivity contribution in [2.24, 2.45) is 10.9 Å². The highest BCUT2D eigenvalue weighted by Gasteiger charge is 2.20. The van der Waals surface area contributed by atoms with Crippen LogP contribution in [0.4, 0.5) is 4.39 Å². The molecule has 0 radical (unpaired) electrons. The average Bonchev–Trinajstić information content (AvgIpc) is 2.71. The molecule has 1 atom stereocenters. The second-order valence-electron chi connectivity index (χ2n) is 8.01. The fraction of sp³-hybridized carbons (Fsp3) is 0.682. The monoisotopic (exact) mass is 424 g/mol. The van der Waals surface area contributed by atoms with Gasteiger partial charge in [-0.25, -0.2) is 4.39 Å². The third-order valence-corrected chi connectivity index (χ3v) is 4.84. The van der Waals surface area contributed by atoms with Gasteiger partial charge in [0, 0.05) is 45.9 Å². The van der Waals surface area contributed by atoms with Crippen LogP contribution in [0.1, 0.15) is 26.3 Å². The molecular weight excluding hydrogens is 387 g/mol. The molecule has 1 aromatic carbocycles. The maximum atomic E-state index is 13.9. The Hall–Kier alpha value is -1.90. The zero-order chi connectivity index (χ0) is 21.9. The summed E-state index contributed by atoms with van der Waals surface area (Å²) in [5.41, 5.74) is 0.937. The van der Waals surface area contributed by atoms with Crippen molar-refractivity contribution in [1.29, 1.82) is 0 Å².